The van der Waals surface area contributed by atoms with Crippen LogP contribution in [0.15, 0.2) is 36.5 Å². The summed E-state index contributed by atoms with van der Waals surface area (Å²) in [4.78, 5) is 14.9. The van der Waals surface area contributed by atoms with Crippen molar-refractivity contribution in [3.05, 3.63) is 53.3 Å². The summed E-state index contributed by atoms with van der Waals surface area (Å²) in [5.41, 5.74) is 2.87. The lowest BCUT2D eigenvalue weighted by atomic mass is 9.97. The summed E-state index contributed by atoms with van der Waals surface area (Å²) in [6, 6.07) is 10.2. The van der Waals surface area contributed by atoms with E-state index in [1.54, 1.807) is 6.20 Å². The first-order chi connectivity index (χ1) is 11.7. The van der Waals surface area contributed by atoms with E-state index in [0.717, 1.165) is 37.3 Å². The quantitative estimate of drug-likeness (QED) is 0.889. The molecule has 1 fully saturated rings. The van der Waals surface area contributed by atoms with Gasteiger partial charge in [-0.3, -0.25) is 9.48 Å². The number of hydrogen-bond donors (Lipinski definition) is 1. The van der Waals surface area contributed by atoms with E-state index in [2.05, 4.69) is 22.5 Å². The molecular weight excluding hydrogens is 336 g/mol. The fourth-order valence-corrected chi connectivity index (χ4v) is 3.45. The van der Waals surface area contributed by atoms with E-state index in [9.17, 15) is 4.79 Å². The summed E-state index contributed by atoms with van der Waals surface area (Å²) in [7, 11) is 1.97. The molecule has 0 spiro atoms. The van der Waals surface area contributed by atoms with Gasteiger partial charge in [-0.1, -0.05) is 30.3 Å². The van der Waals surface area contributed by atoms with Gasteiger partial charge in [0, 0.05) is 18.8 Å². The Hall–Kier alpha value is -1.85. The van der Waals surface area contributed by atoms with Crippen molar-refractivity contribution in [2.75, 3.05) is 26.7 Å². The van der Waals surface area contributed by atoms with Gasteiger partial charge in [0.15, 0.2) is 0 Å². The van der Waals surface area contributed by atoms with Gasteiger partial charge in [-0.15, -0.1) is 12.4 Å². The molecule has 1 aromatic heterocycles. The minimum atomic E-state index is 0. The van der Waals surface area contributed by atoms with Crippen molar-refractivity contribution in [3.63, 3.8) is 0 Å². The normalized spacial score (nSPS) is 17.2. The van der Waals surface area contributed by atoms with Crippen molar-refractivity contribution < 1.29 is 4.79 Å². The standard InChI is InChI=1S/C19H26N4O.ClH/c1-15-18(12-21-23(15)14-16-7-4-3-5-8-16)19(24)22-10-6-9-17(13-22)11-20-2;/h3-5,7-8,12,17,20H,6,9-11,13-14H2,1-2H3;1H. The van der Waals surface area contributed by atoms with Crippen molar-refractivity contribution in [1.29, 1.82) is 0 Å². The highest BCUT2D eigenvalue weighted by atomic mass is 35.5. The van der Waals surface area contributed by atoms with Crippen LogP contribution in [0.5, 0.6) is 0 Å². The topological polar surface area (TPSA) is 50.2 Å². The summed E-state index contributed by atoms with van der Waals surface area (Å²) in [5.74, 6) is 0.667. The van der Waals surface area contributed by atoms with Crippen LogP contribution in [-0.2, 0) is 6.54 Å². The third-order valence-electron chi connectivity index (χ3n) is 4.81. The van der Waals surface area contributed by atoms with Gasteiger partial charge in [0.05, 0.1) is 18.3 Å². The van der Waals surface area contributed by atoms with Crippen LogP contribution in [-0.4, -0.2) is 47.3 Å². The highest BCUT2D eigenvalue weighted by molar-refractivity contribution is 5.95. The third-order valence-corrected chi connectivity index (χ3v) is 4.81. The lowest BCUT2D eigenvalue weighted by Gasteiger charge is -2.32. The maximum Gasteiger partial charge on any atom is 0.257 e. The summed E-state index contributed by atoms with van der Waals surface area (Å²) in [6.07, 6.45) is 3.99. The molecule has 1 aromatic carbocycles. The lowest BCUT2D eigenvalue weighted by molar-refractivity contribution is 0.0673. The average Bonchev–Trinajstić information content (AvgIpc) is 2.96. The Labute approximate surface area is 155 Å². The number of halogens is 1. The first-order valence-corrected chi connectivity index (χ1v) is 8.69. The minimum absolute atomic E-state index is 0. The monoisotopic (exact) mass is 362 g/mol. The van der Waals surface area contributed by atoms with E-state index in [0.29, 0.717) is 12.5 Å². The molecule has 1 saturated heterocycles. The molecule has 1 unspecified atom stereocenters. The Morgan fingerprint density at radius 3 is 2.80 bits per heavy atom. The van der Waals surface area contributed by atoms with Crippen molar-refractivity contribution in [1.82, 2.24) is 20.0 Å². The Morgan fingerprint density at radius 2 is 2.08 bits per heavy atom. The smallest absolute Gasteiger partial charge is 0.257 e. The predicted octanol–water partition coefficient (Wildman–Crippen LogP) is 2.73. The van der Waals surface area contributed by atoms with Crippen LogP contribution in [0.3, 0.4) is 0 Å². The number of nitrogens with one attached hydrogen (secondary N) is 1. The Morgan fingerprint density at radius 1 is 1.32 bits per heavy atom. The molecule has 5 nitrogen and oxygen atoms in total. The number of hydrogen-bond acceptors (Lipinski definition) is 3. The second-order valence-electron chi connectivity index (χ2n) is 6.60. The fourth-order valence-electron chi connectivity index (χ4n) is 3.45. The summed E-state index contributed by atoms with van der Waals surface area (Å²) in [5, 5.41) is 7.66. The number of rotatable bonds is 5. The van der Waals surface area contributed by atoms with Gasteiger partial charge in [-0.05, 0) is 44.8 Å². The van der Waals surface area contributed by atoms with Gasteiger partial charge in [0.1, 0.15) is 0 Å². The Bertz CT molecular complexity index is 684. The number of aromatic nitrogens is 2. The average molecular weight is 363 g/mol. The van der Waals surface area contributed by atoms with E-state index in [1.165, 1.54) is 12.0 Å². The van der Waals surface area contributed by atoms with Gasteiger partial charge in [0.25, 0.3) is 5.91 Å². The molecule has 1 aliphatic heterocycles. The molecule has 25 heavy (non-hydrogen) atoms. The molecule has 136 valence electrons. The van der Waals surface area contributed by atoms with E-state index in [-0.39, 0.29) is 18.3 Å². The van der Waals surface area contributed by atoms with Crippen LogP contribution in [0.2, 0.25) is 0 Å². The Kier molecular flexibility index (Phi) is 7.02. The maximum atomic E-state index is 12.9. The SMILES string of the molecule is CNCC1CCCN(C(=O)c2cnn(Cc3ccccc3)c2C)C1.Cl. The fraction of sp³-hybridized carbons (Fsp3) is 0.474. The van der Waals surface area contributed by atoms with Crippen molar-refractivity contribution in [3.8, 4) is 0 Å². The van der Waals surface area contributed by atoms with Crippen LogP contribution >= 0.6 is 12.4 Å². The van der Waals surface area contributed by atoms with E-state index >= 15 is 0 Å². The lowest BCUT2D eigenvalue weighted by Crippen LogP contribution is -2.42. The second-order valence-corrected chi connectivity index (χ2v) is 6.60. The number of carbonyl (C=O) groups is 1. The maximum absolute atomic E-state index is 12.9. The summed E-state index contributed by atoms with van der Waals surface area (Å²) in [6.45, 7) is 5.34. The molecule has 0 bridgehead atoms. The van der Waals surface area contributed by atoms with Crippen LogP contribution in [0, 0.1) is 12.8 Å². The van der Waals surface area contributed by atoms with Crippen LogP contribution in [0.4, 0.5) is 0 Å². The molecule has 1 aliphatic rings. The van der Waals surface area contributed by atoms with Crippen molar-refractivity contribution in [2.45, 2.75) is 26.3 Å². The molecule has 2 aromatic rings. The number of nitrogens with zero attached hydrogens (tertiary/aromatic N) is 3. The molecule has 1 N–H and O–H groups in total. The molecule has 3 rings (SSSR count). The Balaban J connectivity index is 0.00000225. The van der Waals surface area contributed by atoms with Crippen LogP contribution in [0.1, 0.15) is 34.5 Å². The zero-order chi connectivity index (χ0) is 16.9. The van der Waals surface area contributed by atoms with E-state index in [1.807, 2.05) is 41.8 Å². The van der Waals surface area contributed by atoms with Crippen molar-refractivity contribution in [2.24, 2.45) is 5.92 Å². The van der Waals surface area contributed by atoms with Gasteiger partial charge in [0.2, 0.25) is 0 Å². The first-order valence-electron chi connectivity index (χ1n) is 8.69. The summed E-state index contributed by atoms with van der Waals surface area (Å²) >= 11 is 0. The molecule has 1 atom stereocenters. The first kappa shape index (κ1) is 19.5. The molecule has 0 saturated carbocycles. The van der Waals surface area contributed by atoms with Crippen LogP contribution < -0.4 is 5.32 Å². The van der Waals surface area contributed by atoms with E-state index < -0.39 is 0 Å². The molecule has 0 radical (unpaired) electrons. The number of likely N-dealkylation sites (tertiary alicyclic amines) is 1. The largest absolute Gasteiger partial charge is 0.338 e. The highest BCUT2D eigenvalue weighted by Crippen LogP contribution is 2.20. The van der Waals surface area contributed by atoms with Gasteiger partial charge >= 0.3 is 0 Å². The predicted molar refractivity (Wildman–Crippen MR) is 102 cm³/mol. The van der Waals surface area contributed by atoms with Gasteiger partial charge in [-0.25, -0.2) is 0 Å². The van der Waals surface area contributed by atoms with E-state index in [4.69, 9.17) is 0 Å². The summed E-state index contributed by atoms with van der Waals surface area (Å²) < 4.78 is 1.91. The van der Waals surface area contributed by atoms with Gasteiger partial charge < -0.3 is 10.2 Å². The molecule has 0 aliphatic carbocycles. The number of amides is 1. The molecule has 6 heteroatoms. The number of carbonyl (C=O) groups excluding carboxylic acids is 1. The zero-order valence-corrected chi connectivity index (χ0v) is 15.8. The van der Waals surface area contributed by atoms with Gasteiger partial charge in [-0.2, -0.15) is 5.10 Å². The molecule has 1 amide bonds. The number of benzene rings is 1. The third kappa shape index (κ3) is 4.61. The molecule has 2 heterocycles. The minimum Gasteiger partial charge on any atom is -0.338 e. The highest BCUT2D eigenvalue weighted by Gasteiger charge is 2.26. The number of piperidine rings is 1. The van der Waals surface area contributed by atoms with Crippen molar-refractivity contribution >= 4 is 18.3 Å². The molecular formula is C19H27ClN4O. The van der Waals surface area contributed by atoms with Crippen LogP contribution in [0.25, 0.3) is 0 Å². The zero-order valence-electron chi connectivity index (χ0n) is 14.9. The second kappa shape index (κ2) is 9.02.